The number of ketones is 1. The average Bonchev–Trinajstić information content (AvgIpc) is 3.28. The van der Waals surface area contributed by atoms with E-state index in [1.807, 2.05) is 48.4 Å². The molecule has 1 aromatic carbocycles. The van der Waals surface area contributed by atoms with Crippen LogP contribution in [-0.2, 0) is 7.05 Å². The number of nitrogens with one attached hydrogen (secondary N) is 1. The Balaban J connectivity index is 1.79. The molecule has 0 aliphatic carbocycles. The highest BCUT2D eigenvalue weighted by atomic mass is 32.1. The zero-order valence-electron chi connectivity index (χ0n) is 16.6. The summed E-state index contributed by atoms with van der Waals surface area (Å²) in [5.41, 5.74) is 2.21. The van der Waals surface area contributed by atoms with E-state index in [-0.39, 0.29) is 0 Å². The number of para-hydroxylation sites is 1. The Morgan fingerprint density at radius 1 is 1.16 bits per heavy atom. The monoisotopic (exact) mass is 435 g/mol. The molecule has 31 heavy (non-hydrogen) atoms. The third kappa shape index (κ3) is 4.01. The summed E-state index contributed by atoms with van der Waals surface area (Å²) in [7, 11) is 1.81. The van der Waals surface area contributed by atoms with Crippen molar-refractivity contribution in [2.45, 2.75) is 6.92 Å². The molecule has 0 saturated carbocycles. The van der Waals surface area contributed by atoms with Crippen LogP contribution in [0.25, 0.3) is 23.0 Å². The van der Waals surface area contributed by atoms with Gasteiger partial charge in [-0.15, -0.1) is 0 Å². The summed E-state index contributed by atoms with van der Waals surface area (Å²) in [6.45, 7) is 1.86. The smallest absolute Gasteiger partial charge is 0.310 e. The van der Waals surface area contributed by atoms with Crippen LogP contribution >= 0.6 is 11.3 Å². The number of carbonyl (C=O) groups is 1. The molecule has 156 valence electrons. The van der Waals surface area contributed by atoms with Gasteiger partial charge in [0.05, 0.1) is 11.4 Å². The Hall–Kier alpha value is -4.05. The van der Waals surface area contributed by atoms with Crippen LogP contribution < -0.4 is 10.4 Å². The van der Waals surface area contributed by atoms with E-state index in [2.05, 4.69) is 10.2 Å². The highest BCUT2D eigenvalue weighted by Gasteiger charge is 2.18. The molecule has 0 amide bonds. The van der Waals surface area contributed by atoms with E-state index in [1.165, 1.54) is 12.2 Å². The van der Waals surface area contributed by atoms with Gasteiger partial charge < -0.3 is 5.11 Å². The van der Waals surface area contributed by atoms with Gasteiger partial charge in [0.25, 0.3) is 5.56 Å². The number of hydrogen-bond donors (Lipinski definition) is 2. The second-order valence-electron chi connectivity index (χ2n) is 6.74. The van der Waals surface area contributed by atoms with Crippen LogP contribution in [0.5, 0.6) is 5.06 Å². The summed E-state index contributed by atoms with van der Waals surface area (Å²) in [6.07, 6.45) is 6.28. The van der Waals surface area contributed by atoms with E-state index in [4.69, 9.17) is 0 Å². The number of carbonyl (C=O) groups excluding carboxylic acids is 1. The fraction of sp³-hybridized carbons (Fsp3) is 0.0952. The lowest BCUT2D eigenvalue weighted by Gasteiger charge is -1.99. The van der Waals surface area contributed by atoms with Crippen LogP contribution in [0.2, 0.25) is 0 Å². The van der Waals surface area contributed by atoms with Crippen LogP contribution in [0, 0.1) is 6.92 Å². The molecule has 0 unspecified atom stereocenters. The van der Waals surface area contributed by atoms with Crippen molar-refractivity contribution in [1.29, 1.82) is 0 Å². The van der Waals surface area contributed by atoms with Gasteiger partial charge in [-0.1, -0.05) is 18.2 Å². The highest BCUT2D eigenvalue weighted by molar-refractivity contribution is 7.11. The summed E-state index contributed by atoms with van der Waals surface area (Å²) in [5, 5.41) is 18.3. The van der Waals surface area contributed by atoms with E-state index < -0.39 is 26.8 Å². The SMILES string of the molecule is Cc1nn(C)cc1-c1nn(-c2ccccc2)cc1/C=C/C(=O)c1c(O)sc(=O)[nH]c1=O. The zero-order chi connectivity index (χ0) is 22.1. The number of rotatable bonds is 5. The Bertz CT molecular complexity index is 1430. The molecule has 10 heteroatoms. The number of allylic oxidation sites excluding steroid dienone is 1. The zero-order valence-corrected chi connectivity index (χ0v) is 17.4. The topological polar surface area (TPSA) is 123 Å². The van der Waals surface area contributed by atoms with E-state index >= 15 is 0 Å². The minimum atomic E-state index is -0.931. The van der Waals surface area contributed by atoms with Crippen molar-refractivity contribution < 1.29 is 9.90 Å². The maximum atomic E-state index is 12.6. The predicted molar refractivity (Wildman–Crippen MR) is 117 cm³/mol. The predicted octanol–water partition coefficient (Wildman–Crippen LogP) is 2.29. The summed E-state index contributed by atoms with van der Waals surface area (Å²) < 4.78 is 3.36. The molecule has 0 atom stereocenters. The summed E-state index contributed by atoms with van der Waals surface area (Å²) >= 11 is 0.391. The fourth-order valence-corrected chi connectivity index (χ4v) is 3.76. The first-order chi connectivity index (χ1) is 14.8. The molecular formula is C21H17N5O4S. The number of aryl methyl sites for hydroxylation is 2. The quantitative estimate of drug-likeness (QED) is 0.366. The van der Waals surface area contributed by atoms with Crippen molar-refractivity contribution in [1.82, 2.24) is 24.5 Å². The van der Waals surface area contributed by atoms with Crippen molar-refractivity contribution in [2.75, 3.05) is 0 Å². The number of aromatic hydroxyl groups is 1. The van der Waals surface area contributed by atoms with Crippen molar-refractivity contribution in [3.63, 3.8) is 0 Å². The average molecular weight is 435 g/mol. The van der Waals surface area contributed by atoms with Gasteiger partial charge in [0.15, 0.2) is 10.8 Å². The first-order valence-electron chi connectivity index (χ1n) is 9.18. The highest BCUT2D eigenvalue weighted by Crippen LogP contribution is 2.27. The molecule has 4 rings (SSSR count). The molecule has 9 nitrogen and oxygen atoms in total. The van der Waals surface area contributed by atoms with Gasteiger partial charge in [-0.25, -0.2) is 4.68 Å². The molecule has 2 N–H and O–H groups in total. The van der Waals surface area contributed by atoms with Crippen LogP contribution in [0.15, 0.2) is 58.4 Å². The van der Waals surface area contributed by atoms with Crippen molar-refractivity contribution in [3.05, 3.63) is 85.6 Å². The molecule has 0 aliphatic rings. The van der Waals surface area contributed by atoms with Gasteiger partial charge in [-0.3, -0.25) is 24.0 Å². The minimum absolute atomic E-state index is 0.391. The van der Waals surface area contributed by atoms with Crippen LogP contribution in [0.3, 0.4) is 0 Å². The largest absolute Gasteiger partial charge is 0.499 e. The van der Waals surface area contributed by atoms with Crippen LogP contribution in [0.4, 0.5) is 0 Å². The van der Waals surface area contributed by atoms with Crippen LogP contribution in [0.1, 0.15) is 21.6 Å². The number of H-pyrrole nitrogens is 1. The summed E-state index contributed by atoms with van der Waals surface area (Å²) in [6, 6.07) is 9.47. The first kappa shape index (κ1) is 20.2. The second kappa shape index (κ2) is 8.00. The standard InChI is InChI=1S/C21H17N5O4S/c1-12-15(11-25(2)23-12)18-13(10-26(24-18)14-6-4-3-5-7-14)8-9-16(27)17-19(28)22-21(30)31-20(17)29/h3-11,29H,1-2H3,(H,22,28,30)/b9-8+. The summed E-state index contributed by atoms with van der Waals surface area (Å²) in [5.74, 6) is -0.726. The maximum Gasteiger partial charge on any atom is 0.310 e. The van der Waals surface area contributed by atoms with E-state index in [1.54, 1.807) is 22.6 Å². The molecule has 0 radical (unpaired) electrons. The van der Waals surface area contributed by atoms with Gasteiger partial charge in [0, 0.05) is 30.6 Å². The molecule has 4 aromatic rings. The Labute approximate surface area is 179 Å². The minimum Gasteiger partial charge on any atom is -0.499 e. The lowest BCUT2D eigenvalue weighted by Crippen LogP contribution is -2.22. The molecule has 0 fully saturated rings. The van der Waals surface area contributed by atoms with Gasteiger partial charge in [-0.2, -0.15) is 10.2 Å². The van der Waals surface area contributed by atoms with Gasteiger partial charge in [0.1, 0.15) is 11.3 Å². The second-order valence-corrected chi connectivity index (χ2v) is 7.70. The third-order valence-corrected chi connectivity index (χ3v) is 5.22. The number of hydrogen-bond acceptors (Lipinski definition) is 7. The molecule has 3 aromatic heterocycles. The third-order valence-electron chi connectivity index (χ3n) is 4.54. The fourth-order valence-electron chi connectivity index (χ4n) is 3.15. The lowest BCUT2D eigenvalue weighted by atomic mass is 10.1. The Kier molecular flexibility index (Phi) is 5.22. The lowest BCUT2D eigenvalue weighted by molar-refractivity contribution is 0.104. The number of aromatic amines is 1. The van der Waals surface area contributed by atoms with E-state index in [0.717, 1.165) is 16.9 Å². The van der Waals surface area contributed by atoms with Crippen molar-refractivity contribution >= 4 is 23.2 Å². The Morgan fingerprint density at radius 2 is 1.90 bits per heavy atom. The van der Waals surface area contributed by atoms with Crippen LogP contribution in [-0.4, -0.2) is 35.4 Å². The summed E-state index contributed by atoms with van der Waals surface area (Å²) in [4.78, 5) is 37.1. The molecule has 0 bridgehead atoms. The van der Waals surface area contributed by atoms with Gasteiger partial charge >= 0.3 is 4.87 Å². The Morgan fingerprint density at radius 3 is 2.55 bits per heavy atom. The van der Waals surface area contributed by atoms with Crippen molar-refractivity contribution in [2.24, 2.45) is 7.05 Å². The normalized spacial score (nSPS) is 11.3. The number of aromatic nitrogens is 5. The number of nitrogens with zero attached hydrogens (tertiary/aromatic N) is 4. The molecule has 0 aliphatic heterocycles. The molecule has 0 spiro atoms. The molecule has 0 saturated heterocycles. The molecule has 3 heterocycles. The maximum absolute atomic E-state index is 12.6. The first-order valence-corrected chi connectivity index (χ1v) is 9.99. The van der Waals surface area contributed by atoms with Gasteiger partial charge in [-0.05, 0) is 42.5 Å². The van der Waals surface area contributed by atoms with E-state index in [0.29, 0.717) is 22.6 Å². The van der Waals surface area contributed by atoms with E-state index in [9.17, 15) is 19.5 Å². The van der Waals surface area contributed by atoms with Crippen molar-refractivity contribution in [3.8, 4) is 22.0 Å². The molecular weight excluding hydrogens is 418 g/mol. The number of benzene rings is 1. The van der Waals surface area contributed by atoms with Gasteiger partial charge in [0.2, 0.25) is 0 Å².